The molecule has 0 aromatic heterocycles. The van der Waals surface area contributed by atoms with Gasteiger partial charge in [0.25, 0.3) is 20.2 Å². The molecule has 1 amide bonds. The quantitative estimate of drug-likeness (QED) is 0.0477. The number of ether oxygens (including phenoxy) is 1. The van der Waals surface area contributed by atoms with Crippen molar-refractivity contribution in [3.63, 3.8) is 0 Å². The lowest BCUT2D eigenvalue weighted by atomic mass is 10.0. The Balaban J connectivity index is 4.32. The van der Waals surface area contributed by atoms with E-state index in [0.717, 1.165) is 43.4 Å². The standard InChI is InChI=1S/C37H75NO8S2/c1-3-5-7-9-11-13-15-17-19-21-23-25-27-29-32-46-35-36(48(43,44)45)34-38(31-33-47(40,41)42)37(39)30-28-26-24-22-20-18-16-14-12-10-8-6-4-2/h36H,3-35H2,1-2H3,(H,40,41,42)(H,43,44,45). The zero-order valence-electron chi connectivity index (χ0n) is 31.0. The van der Waals surface area contributed by atoms with Crippen molar-refractivity contribution in [2.75, 3.05) is 32.1 Å². The molecule has 0 rings (SSSR count). The van der Waals surface area contributed by atoms with Crippen molar-refractivity contribution in [1.82, 2.24) is 4.90 Å². The summed E-state index contributed by atoms with van der Waals surface area (Å²) in [6, 6.07) is 0. The number of amides is 1. The molecule has 0 aliphatic carbocycles. The van der Waals surface area contributed by atoms with Gasteiger partial charge >= 0.3 is 0 Å². The summed E-state index contributed by atoms with van der Waals surface area (Å²) in [6.45, 7) is 3.81. The number of hydrogen-bond donors (Lipinski definition) is 2. The minimum absolute atomic E-state index is 0.154. The molecule has 1 unspecified atom stereocenters. The van der Waals surface area contributed by atoms with Gasteiger partial charge in [-0.1, -0.05) is 174 Å². The first-order valence-electron chi connectivity index (χ1n) is 19.8. The van der Waals surface area contributed by atoms with Gasteiger partial charge in [0.1, 0.15) is 5.25 Å². The van der Waals surface area contributed by atoms with E-state index in [0.29, 0.717) is 13.0 Å². The van der Waals surface area contributed by atoms with Gasteiger partial charge in [0.2, 0.25) is 5.91 Å². The van der Waals surface area contributed by atoms with Crippen LogP contribution < -0.4 is 0 Å². The molecule has 0 aromatic rings. The van der Waals surface area contributed by atoms with E-state index in [9.17, 15) is 30.7 Å². The molecule has 0 aliphatic heterocycles. The summed E-state index contributed by atoms with van der Waals surface area (Å²) in [4.78, 5) is 14.1. The predicted octanol–water partition coefficient (Wildman–Crippen LogP) is 9.94. The summed E-state index contributed by atoms with van der Waals surface area (Å²) in [5, 5.41) is -1.39. The van der Waals surface area contributed by atoms with Crippen molar-refractivity contribution in [1.29, 1.82) is 0 Å². The van der Waals surface area contributed by atoms with Gasteiger partial charge in [0.05, 0.1) is 12.4 Å². The first-order valence-corrected chi connectivity index (χ1v) is 22.9. The van der Waals surface area contributed by atoms with Crippen LogP contribution in [0.1, 0.15) is 194 Å². The Morgan fingerprint density at radius 3 is 1.27 bits per heavy atom. The van der Waals surface area contributed by atoms with Gasteiger partial charge < -0.3 is 9.64 Å². The van der Waals surface area contributed by atoms with Gasteiger partial charge in [0.15, 0.2) is 0 Å². The van der Waals surface area contributed by atoms with Crippen LogP contribution in [0.4, 0.5) is 0 Å². The molecule has 0 radical (unpaired) electrons. The Labute approximate surface area is 296 Å². The van der Waals surface area contributed by atoms with E-state index in [1.807, 2.05) is 0 Å². The van der Waals surface area contributed by atoms with Crippen LogP contribution in [0, 0.1) is 0 Å². The second-order valence-electron chi connectivity index (χ2n) is 13.9. The van der Waals surface area contributed by atoms with Gasteiger partial charge in [-0.3, -0.25) is 13.9 Å². The average molecular weight is 726 g/mol. The molecular weight excluding hydrogens is 651 g/mol. The maximum absolute atomic E-state index is 13.0. The summed E-state index contributed by atoms with van der Waals surface area (Å²) in [7, 11) is -8.90. The van der Waals surface area contributed by atoms with Crippen LogP contribution in [-0.4, -0.2) is 74.1 Å². The maximum atomic E-state index is 13.0. The SMILES string of the molecule is CCCCCCCCCCCCCCCCOCC(CN(CCS(=O)(=O)O)C(=O)CCCCCCCCCCCCCCC)S(=O)(=O)O. The third kappa shape index (κ3) is 32.5. The fraction of sp³-hybridized carbons (Fsp3) is 0.973. The minimum Gasteiger partial charge on any atom is -0.380 e. The highest BCUT2D eigenvalue weighted by Crippen LogP contribution is 2.15. The highest BCUT2D eigenvalue weighted by molar-refractivity contribution is 7.86. The molecule has 0 fully saturated rings. The highest BCUT2D eigenvalue weighted by atomic mass is 32.2. The Bertz CT molecular complexity index is 943. The molecule has 0 aromatic carbocycles. The molecule has 0 heterocycles. The van der Waals surface area contributed by atoms with Crippen molar-refractivity contribution in [2.45, 2.75) is 199 Å². The maximum Gasteiger partial charge on any atom is 0.271 e. The molecule has 0 spiro atoms. The van der Waals surface area contributed by atoms with Crippen LogP contribution in [0.15, 0.2) is 0 Å². The van der Waals surface area contributed by atoms with Crippen molar-refractivity contribution in [3.8, 4) is 0 Å². The number of unbranched alkanes of at least 4 members (excludes halogenated alkanes) is 25. The van der Waals surface area contributed by atoms with E-state index in [4.69, 9.17) is 4.74 Å². The zero-order chi connectivity index (χ0) is 35.8. The van der Waals surface area contributed by atoms with E-state index in [1.54, 1.807) is 0 Å². The normalized spacial score (nSPS) is 12.8. The monoisotopic (exact) mass is 725 g/mol. The van der Waals surface area contributed by atoms with Gasteiger partial charge in [-0.2, -0.15) is 16.8 Å². The van der Waals surface area contributed by atoms with Gasteiger partial charge in [-0.25, -0.2) is 0 Å². The van der Waals surface area contributed by atoms with E-state index < -0.39 is 31.2 Å². The average Bonchev–Trinajstić information content (AvgIpc) is 3.02. The second kappa shape index (κ2) is 32.2. The lowest BCUT2D eigenvalue weighted by Gasteiger charge is -2.26. The number of rotatable bonds is 37. The Morgan fingerprint density at radius 1 is 0.562 bits per heavy atom. The Morgan fingerprint density at radius 2 is 0.917 bits per heavy atom. The molecule has 2 N–H and O–H groups in total. The van der Waals surface area contributed by atoms with Crippen LogP contribution in [0.25, 0.3) is 0 Å². The third-order valence-electron chi connectivity index (χ3n) is 9.26. The Kier molecular flexibility index (Phi) is 31.7. The largest absolute Gasteiger partial charge is 0.380 e. The van der Waals surface area contributed by atoms with E-state index in [1.165, 1.54) is 128 Å². The first-order chi connectivity index (χ1) is 23.0. The summed E-state index contributed by atoms with van der Waals surface area (Å²) in [5.41, 5.74) is 0. The molecule has 0 aliphatic rings. The number of carbonyl (C=O) groups is 1. The summed E-state index contributed by atoms with van der Waals surface area (Å²) < 4.78 is 71.7. The zero-order valence-corrected chi connectivity index (χ0v) is 32.7. The summed E-state index contributed by atoms with van der Waals surface area (Å²) in [5.74, 6) is -1.09. The van der Waals surface area contributed by atoms with Crippen LogP contribution in [-0.2, 0) is 29.8 Å². The number of hydrogen-bond acceptors (Lipinski definition) is 6. The van der Waals surface area contributed by atoms with Crippen molar-refractivity contribution < 1.29 is 35.5 Å². The van der Waals surface area contributed by atoms with Crippen molar-refractivity contribution in [2.24, 2.45) is 0 Å². The van der Waals surface area contributed by atoms with Crippen molar-refractivity contribution >= 4 is 26.1 Å². The molecule has 288 valence electrons. The van der Waals surface area contributed by atoms with E-state index in [-0.39, 0.29) is 32.0 Å². The second-order valence-corrected chi connectivity index (χ2v) is 17.2. The van der Waals surface area contributed by atoms with Gasteiger partial charge in [-0.05, 0) is 12.8 Å². The Hall–Kier alpha value is -0.750. The topological polar surface area (TPSA) is 138 Å². The fourth-order valence-corrected chi connectivity index (χ4v) is 7.18. The fourth-order valence-electron chi connectivity index (χ4n) is 6.09. The molecule has 0 saturated carbocycles. The molecule has 0 saturated heterocycles. The van der Waals surface area contributed by atoms with Crippen LogP contribution >= 0.6 is 0 Å². The van der Waals surface area contributed by atoms with Gasteiger partial charge in [-0.15, -0.1) is 0 Å². The van der Waals surface area contributed by atoms with E-state index in [2.05, 4.69) is 13.8 Å². The highest BCUT2D eigenvalue weighted by Gasteiger charge is 2.29. The molecule has 1 atom stereocenters. The first kappa shape index (κ1) is 47.2. The van der Waals surface area contributed by atoms with Crippen LogP contribution in [0.5, 0.6) is 0 Å². The summed E-state index contributed by atoms with van der Waals surface area (Å²) in [6.07, 6.45) is 32.6. The summed E-state index contributed by atoms with van der Waals surface area (Å²) >= 11 is 0. The lowest BCUT2D eigenvalue weighted by Crippen LogP contribution is -2.44. The third-order valence-corrected chi connectivity index (χ3v) is 11.1. The van der Waals surface area contributed by atoms with Crippen LogP contribution in [0.3, 0.4) is 0 Å². The van der Waals surface area contributed by atoms with Crippen molar-refractivity contribution in [3.05, 3.63) is 0 Å². The molecule has 11 heteroatoms. The lowest BCUT2D eigenvalue weighted by molar-refractivity contribution is -0.131. The smallest absolute Gasteiger partial charge is 0.271 e. The van der Waals surface area contributed by atoms with Gasteiger partial charge in [0, 0.05) is 26.1 Å². The van der Waals surface area contributed by atoms with Crippen LogP contribution in [0.2, 0.25) is 0 Å². The minimum atomic E-state index is -4.55. The number of nitrogens with zero attached hydrogens (tertiary/aromatic N) is 1. The predicted molar refractivity (Wildman–Crippen MR) is 200 cm³/mol. The number of carbonyl (C=O) groups excluding carboxylic acids is 1. The molecule has 48 heavy (non-hydrogen) atoms. The van der Waals surface area contributed by atoms with E-state index >= 15 is 0 Å². The molecule has 9 nitrogen and oxygen atoms in total. The molecule has 0 bridgehead atoms. The molecular formula is C37H75NO8S2.